The van der Waals surface area contributed by atoms with Crippen LogP contribution in [-0.2, 0) is 4.79 Å². The molecule has 3 N–H and O–H groups in total. The molecule has 4 aliphatic rings. The molecule has 0 aliphatic heterocycles. The van der Waals surface area contributed by atoms with E-state index in [4.69, 9.17) is 0 Å². The summed E-state index contributed by atoms with van der Waals surface area (Å²) in [6.45, 7) is 19.4. The monoisotopic (exact) mass is 486 g/mol. The van der Waals surface area contributed by atoms with Gasteiger partial charge in [0.25, 0.3) is 0 Å². The first-order chi connectivity index (χ1) is 16.0. The van der Waals surface area contributed by atoms with Gasteiger partial charge in [-0.25, -0.2) is 0 Å². The first-order valence-electron chi connectivity index (χ1n) is 14.0. The van der Waals surface area contributed by atoms with Crippen molar-refractivity contribution in [2.24, 2.45) is 39.4 Å². The lowest BCUT2D eigenvalue weighted by Gasteiger charge is -2.62. The summed E-state index contributed by atoms with van der Waals surface area (Å²) in [6, 6.07) is 0. The number of carboxylic acids is 1. The fraction of sp³-hybridized carbons (Fsp3) is 0.839. The number of hydrogen-bond donors (Lipinski definition) is 3. The van der Waals surface area contributed by atoms with E-state index in [1.165, 1.54) is 0 Å². The van der Waals surface area contributed by atoms with Crippen molar-refractivity contribution in [3.8, 4) is 0 Å². The molecule has 0 aromatic rings. The van der Waals surface area contributed by atoms with Crippen LogP contribution in [0.5, 0.6) is 0 Å². The predicted molar refractivity (Wildman–Crippen MR) is 141 cm³/mol. The summed E-state index contributed by atoms with van der Waals surface area (Å²) in [4.78, 5) is 12.6. The molecule has 0 bridgehead atoms. The molecule has 0 amide bonds. The van der Waals surface area contributed by atoms with E-state index in [0.29, 0.717) is 18.8 Å². The van der Waals surface area contributed by atoms with Crippen molar-refractivity contribution in [3.63, 3.8) is 0 Å². The van der Waals surface area contributed by atoms with E-state index in [1.807, 2.05) is 0 Å². The Hall–Kier alpha value is -1.13. The standard InChI is InChI=1S/C31H50O4/c1-19(28(4,5)35)9-10-20(26(33)34)21-13-17-31(8)23-11-12-24-27(2,3)25(32)15-16-29(24,6)22(23)14-18-30(21,31)7/h20-21,24-25,32,35H,1,9-18H2,2-8H3,(H,33,34)/t20-,21-,24+,25-,29-,30-,31+/m1/s1. The Morgan fingerprint density at radius 2 is 1.69 bits per heavy atom. The van der Waals surface area contributed by atoms with Crippen LogP contribution in [0, 0.1) is 39.4 Å². The van der Waals surface area contributed by atoms with Crippen molar-refractivity contribution >= 4 is 5.97 Å². The van der Waals surface area contributed by atoms with Crippen molar-refractivity contribution in [2.75, 3.05) is 0 Å². The van der Waals surface area contributed by atoms with Crippen LogP contribution in [0.3, 0.4) is 0 Å². The van der Waals surface area contributed by atoms with E-state index in [2.05, 4.69) is 41.2 Å². The Kier molecular flexibility index (Phi) is 6.50. The number of aliphatic hydroxyl groups is 2. The lowest BCUT2D eigenvalue weighted by Crippen LogP contribution is -2.55. The number of hydrogen-bond acceptors (Lipinski definition) is 3. The highest BCUT2D eigenvalue weighted by molar-refractivity contribution is 5.70. The smallest absolute Gasteiger partial charge is 0.306 e. The van der Waals surface area contributed by atoms with E-state index >= 15 is 0 Å². The molecular formula is C31H50O4. The van der Waals surface area contributed by atoms with Gasteiger partial charge in [-0.15, -0.1) is 0 Å². The van der Waals surface area contributed by atoms with Crippen molar-refractivity contribution in [3.05, 3.63) is 23.3 Å². The number of carboxylic acid groups (broad SMARTS) is 1. The van der Waals surface area contributed by atoms with Crippen molar-refractivity contribution < 1.29 is 20.1 Å². The molecule has 2 saturated carbocycles. The highest BCUT2D eigenvalue weighted by Gasteiger charge is 2.64. The average molecular weight is 487 g/mol. The molecule has 0 saturated heterocycles. The maximum atomic E-state index is 12.6. The van der Waals surface area contributed by atoms with Crippen LogP contribution in [0.1, 0.15) is 113 Å². The van der Waals surface area contributed by atoms with Crippen LogP contribution in [-0.4, -0.2) is 33.0 Å². The van der Waals surface area contributed by atoms with Crippen LogP contribution in [0.25, 0.3) is 0 Å². The summed E-state index contributed by atoms with van der Waals surface area (Å²) in [5.74, 6) is -0.452. The maximum Gasteiger partial charge on any atom is 0.306 e. The summed E-state index contributed by atoms with van der Waals surface area (Å²) in [5.41, 5.74) is 3.14. The number of fused-ring (bicyclic) bond motifs is 4. The SMILES string of the molecule is C=C(CC[C@@H](C(=O)O)[C@H]1CC[C@@]2(C)C3=C(CC[C@]12C)[C@@]1(C)CC[C@@H](O)C(C)(C)[C@@H]1CC3)C(C)(C)O. The molecule has 4 aliphatic carbocycles. The molecular weight excluding hydrogens is 436 g/mol. The molecule has 4 rings (SSSR count). The minimum atomic E-state index is -0.975. The lowest BCUT2D eigenvalue weighted by atomic mass is 9.43. The molecule has 4 nitrogen and oxygen atoms in total. The van der Waals surface area contributed by atoms with Crippen LogP contribution in [0.2, 0.25) is 0 Å². The zero-order chi connectivity index (χ0) is 26.2. The van der Waals surface area contributed by atoms with Crippen LogP contribution >= 0.6 is 0 Å². The second kappa shape index (κ2) is 8.45. The quantitative estimate of drug-likeness (QED) is 0.357. The van der Waals surface area contributed by atoms with Crippen molar-refractivity contribution in [1.82, 2.24) is 0 Å². The third-order valence-electron chi connectivity index (χ3n) is 12.2. The molecule has 0 unspecified atom stereocenters. The van der Waals surface area contributed by atoms with E-state index in [-0.39, 0.29) is 33.7 Å². The topological polar surface area (TPSA) is 77.8 Å². The molecule has 198 valence electrons. The van der Waals surface area contributed by atoms with E-state index < -0.39 is 17.5 Å². The molecule has 35 heavy (non-hydrogen) atoms. The van der Waals surface area contributed by atoms with Crippen LogP contribution < -0.4 is 0 Å². The second-order valence-electron chi connectivity index (χ2n) is 14.4. The molecule has 7 atom stereocenters. The van der Waals surface area contributed by atoms with E-state index in [9.17, 15) is 20.1 Å². The number of aliphatic hydroxyl groups excluding tert-OH is 1. The Morgan fingerprint density at radius 1 is 1.03 bits per heavy atom. The molecule has 0 radical (unpaired) electrons. The Morgan fingerprint density at radius 3 is 2.29 bits per heavy atom. The fourth-order valence-electron chi connectivity index (χ4n) is 9.49. The number of rotatable bonds is 6. The minimum absolute atomic E-state index is 0.0299. The Bertz CT molecular complexity index is 923. The van der Waals surface area contributed by atoms with Crippen molar-refractivity contribution in [1.29, 1.82) is 0 Å². The zero-order valence-electron chi connectivity index (χ0n) is 23.3. The minimum Gasteiger partial charge on any atom is -0.481 e. The van der Waals surface area contributed by atoms with E-state index in [1.54, 1.807) is 25.0 Å². The van der Waals surface area contributed by atoms with Gasteiger partial charge in [-0.3, -0.25) is 4.79 Å². The first-order valence-corrected chi connectivity index (χ1v) is 14.0. The number of carbonyl (C=O) groups is 1. The highest BCUT2D eigenvalue weighted by Crippen LogP contribution is 2.72. The highest BCUT2D eigenvalue weighted by atomic mass is 16.4. The number of allylic oxidation sites excluding steroid dienone is 2. The molecule has 0 spiro atoms. The predicted octanol–water partition coefficient (Wildman–Crippen LogP) is 6.90. The first kappa shape index (κ1) is 26.9. The summed E-state index contributed by atoms with van der Waals surface area (Å²) in [6.07, 6.45) is 9.18. The zero-order valence-corrected chi connectivity index (χ0v) is 23.3. The molecule has 0 aromatic carbocycles. The van der Waals surface area contributed by atoms with Gasteiger partial charge in [0.05, 0.1) is 17.6 Å². The molecule has 4 heteroatoms. The lowest BCUT2D eigenvalue weighted by molar-refractivity contribution is -0.147. The summed E-state index contributed by atoms with van der Waals surface area (Å²) < 4.78 is 0. The number of aliphatic carboxylic acids is 1. The van der Waals surface area contributed by atoms with Gasteiger partial charge in [-0.1, -0.05) is 52.3 Å². The normalized spacial score (nSPS) is 41.6. The molecule has 2 fully saturated rings. The molecule has 0 aromatic heterocycles. The summed E-state index contributed by atoms with van der Waals surface area (Å²) in [5, 5.41) is 31.5. The largest absolute Gasteiger partial charge is 0.481 e. The fourth-order valence-corrected chi connectivity index (χ4v) is 9.49. The summed E-state index contributed by atoms with van der Waals surface area (Å²) in [7, 11) is 0. The van der Waals surface area contributed by atoms with Gasteiger partial charge in [-0.05, 0) is 117 Å². The maximum absolute atomic E-state index is 12.6. The van der Waals surface area contributed by atoms with Gasteiger partial charge < -0.3 is 15.3 Å². The second-order valence-corrected chi connectivity index (χ2v) is 14.4. The van der Waals surface area contributed by atoms with Gasteiger partial charge in [0.15, 0.2) is 0 Å². The van der Waals surface area contributed by atoms with Gasteiger partial charge in [-0.2, -0.15) is 0 Å². The average Bonchev–Trinajstić information content (AvgIpc) is 3.02. The van der Waals surface area contributed by atoms with Gasteiger partial charge >= 0.3 is 5.97 Å². The third-order valence-corrected chi connectivity index (χ3v) is 12.2. The van der Waals surface area contributed by atoms with Gasteiger partial charge in [0.2, 0.25) is 0 Å². The van der Waals surface area contributed by atoms with Gasteiger partial charge in [0, 0.05) is 0 Å². The Balaban J connectivity index is 1.66. The van der Waals surface area contributed by atoms with Crippen molar-refractivity contribution in [2.45, 2.75) is 124 Å². The third kappa shape index (κ3) is 3.88. The van der Waals surface area contributed by atoms with Crippen LogP contribution in [0.15, 0.2) is 23.3 Å². The van der Waals surface area contributed by atoms with Crippen LogP contribution in [0.4, 0.5) is 0 Å². The van der Waals surface area contributed by atoms with Gasteiger partial charge in [0.1, 0.15) is 0 Å². The molecule has 0 heterocycles. The summed E-state index contributed by atoms with van der Waals surface area (Å²) >= 11 is 0. The Labute approximate surface area is 213 Å². The van der Waals surface area contributed by atoms with E-state index in [0.717, 1.165) is 56.9 Å².